The Morgan fingerprint density at radius 3 is 2.15 bits per heavy atom. The normalized spacial score (nSPS) is 11.3. The molecular weight excluding hydrogens is 286 g/mol. The van der Waals surface area contributed by atoms with Gasteiger partial charge >= 0.3 is 0 Å². The molecule has 2 rings (SSSR count). The second-order valence-corrected chi connectivity index (χ2v) is 6.08. The van der Waals surface area contributed by atoms with E-state index in [1.54, 1.807) is 0 Å². The van der Waals surface area contributed by atoms with Crippen molar-refractivity contribution in [2.75, 3.05) is 5.75 Å². The number of Topliss-reactive ketones (excluding diaryl/α,β-unsaturated/α-hetero) is 1. The van der Waals surface area contributed by atoms with E-state index in [4.69, 9.17) is 0 Å². The first kappa shape index (κ1) is 14.3. The van der Waals surface area contributed by atoms with E-state index >= 15 is 0 Å². The molecule has 0 radical (unpaired) electrons. The van der Waals surface area contributed by atoms with E-state index in [2.05, 4.69) is 0 Å². The van der Waals surface area contributed by atoms with Crippen LogP contribution in [-0.2, 0) is 9.84 Å². The van der Waals surface area contributed by atoms with E-state index in [0.717, 1.165) is 24.3 Å². The van der Waals surface area contributed by atoms with E-state index in [1.165, 1.54) is 24.3 Å². The molecule has 104 valence electrons. The van der Waals surface area contributed by atoms with Crippen molar-refractivity contribution in [2.24, 2.45) is 0 Å². The van der Waals surface area contributed by atoms with Crippen LogP contribution in [-0.4, -0.2) is 20.0 Å². The Morgan fingerprint density at radius 1 is 0.950 bits per heavy atom. The molecule has 0 unspecified atom stereocenters. The van der Waals surface area contributed by atoms with E-state index in [9.17, 15) is 22.0 Å². The Kier molecular flexibility index (Phi) is 3.94. The quantitative estimate of drug-likeness (QED) is 0.815. The first-order valence-corrected chi connectivity index (χ1v) is 7.31. The van der Waals surface area contributed by atoms with Crippen LogP contribution in [0.15, 0.2) is 53.4 Å². The summed E-state index contributed by atoms with van der Waals surface area (Å²) in [5, 5.41) is 0. The van der Waals surface area contributed by atoms with Gasteiger partial charge in [0.15, 0.2) is 15.6 Å². The average Bonchev–Trinajstić information content (AvgIpc) is 2.39. The lowest BCUT2D eigenvalue weighted by Gasteiger charge is -2.05. The molecule has 0 saturated carbocycles. The maximum Gasteiger partial charge on any atom is 0.188 e. The van der Waals surface area contributed by atoms with Crippen LogP contribution in [0, 0.1) is 11.6 Å². The molecule has 0 heterocycles. The molecule has 0 aliphatic rings. The first-order chi connectivity index (χ1) is 9.40. The lowest BCUT2D eigenvalue weighted by Crippen LogP contribution is -2.17. The molecule has 3 nitrogen and oxygen atoms in total. The van der Waals surface area contributed by atoms with Gasteiger partial charge in [-0.25, -0.2) is 17.2 Å². The molecule has 20 heavy (non-hydrogen) atoms. The molecule has 2 aromatic rings. The van der Waals surface area contributed by atoms with Crippen LogP contribution >= 0.6 is 0 Å². The van der Waals surface area contributed by atoms with Gasteiger partial charge in [0.25, 0.3) is 0 Å². The van der Waals surface area contributed by atoms with Crippen LogP contribution in [0.3, 0.4) is 0 Å². The summed E-state index contributed by atoms with van der Waals surface area (Å²) < 4.78 is 50.1. The highest BCUT2D eigenvalue weighted by Gasteiger charge is 2.23. The number of benzene rings is 2. The molecule has 0 saturated heterocycles. The molecule has 0 spiro atoms. The Morgan fingerprint density at radius 2 is 1.55 bits per heavy atom. The highest BCUT2D eigenvalue weighted by molar-refractivity contribution is 7.92. The minimum absolute atomic E-state index is 0.0614. The molecule has 0 aliphatic carbocycles. The number of rotatable bonds is 4. The van der Waals surface area contributed by atoms with E-state index in [1.807, 2.05) is 0 Å². The predicted octanol–water partition coefficient (Wildman–Crippen LogP) is 2.62. The average molecular weight is 296 g/mol. The van der Waals surface area contributed by atoms with Crippen LogP contribution in [0.5, 0.6) is 0 Å². The third-order valence-electron chi connectivity index (χ3n) is 2.66. The van der Waals surface area contributed by atoms with Crippen molar-refractivity contribution in [1.82, 2.24) is 0 Å². The number of carbonyl (C=O) groups excluding carboxylic acids is 1. The van der Waals surface area contributed by atoms with Crippen molar-refractivity contribution >= 4 is 15.6 Å². The summed E-state index contributed by atoms with van der Waals surface area (Å²) in [5.41, 5.74) is 0.0614. The van der Waals surface area contributed by atoms with Gasteiger partial charge in [0.2, 0.25) is 0 Å². The smallest absolute Gasteiger partial charge is 0.188 e. The number of sulfone groups is 1. The molecule has 0 fully saturated rings. The summed E-state index contributed by atoms with van der Waals surface area (Å²) in [6.45, 7) is 0. The van der Waals surface area contributed by atoms with Gasteiger partial charge in [-0.3, -0.25) is 4.79 Å². The summed E-state index contributed by atoms with van der Waals surface area (Å²) in [6, 6.07) is 9.33. The van der Waals surface area contributed by atoms with Gasteiger partial charge in [-0.15, -0.1) is 0 Å². The Labute approximate surface area is 114 Å². The number of hydrogen-bond acceptors (Lipinski definition) is 3. The Hall–Kier alpha value is -2.08. The summed E-state index contributed by atoms with van der Waals surface area (Å²) in [5.74, 6) is -3.01. The third-order valence-corrected chi connectivity index (χ3v) is 4.30. The maximum atomic E-state index is 13.5. The van der Waals surface area contributed by atoms with Gasteiger partial charge in [0.1, 0.15) is 22.3 Å². The second kappa shape index (κ2) is 5.50. The van der Waals surface area contributed by atoms with Crippen LogP contribution in [0.25, 0.3) is 0 Å². The molecule has 2 aromatic carbocycles. The van der Waals surface area contributed by atoms with Crippen molar-refractivity contribution in [3.8, 4) is 0 Å². The molecule has 6 heteroatoms. The van der Waals surface area contributed by atoms with Crippen molar-refractivity contribution in [3.05, 3.63) is 65.7 Å². The highest BCUT2D eigenvalue weighted by atomic mass is 32.2. The van der Waals surface area contributed by atoms with Gasteiger partial charge in [-0.2, -0.15) is 0 Å². The standard InChI is InChI=1S/C14H10F2O3S/c15-11-7-5-10(6-8-11)13(17)9-20(18,19)14-4-2-1-3-12(14)16/h1-8H,9H2. The SMILES string of the molecule is O=C(CS(=O)(=O)c1ccccc1F)c1ccc(F)cc1. The van der Waals surface area contributed by atoms with Crippen molar-refractivity contribution in [1.29, 1.82) is 0 Å². The predicted molar refractivity (Wildman–Crippen MR) is 69.2 cm³/mol. The zero-order chi connectivity index (χ0) is 14.8. The molecule has 0 atom stereocenters. The van der Waals surface area contributed by atoms with E-state index in [-0.39, 0.29) is 5.56 Å². The van der Waals surface area contributed by atoms with Crippen LogP contribution in [0.4, 0.5) is 8.78 Å². The Balaban J connectivity index is 2.27. The molecular formula is C14H10F2O3S. The summed E-state index contributed by atoms with van der Waals surface area (Å²) >= 11 is 0. The third kappa shape index (κ3) is 3.08. The van der Waals surface area contributed by atoms with Crippen molar-refractivity contribution < 1.29 is 22.0 Å². The number of ketones is 1. The summed E-state index contributed by atoms with van der Waals surface area (Å²) in [6.07, 6.45) is 0. The van der Waals surface area contributed by atoms with Crippen molar-refractivity contribution in [3.63, 3.8) is 0 Å². The number of halogens is 2. The van der Waals surface area contributed by atoms with Crippen molar-refractivity contribution in [2.45, 2.75) is 4.90 Å². The van der Waals surface area contributed by atoms with Gasteiger partial charge in [-0.1, -0.05) is 12.1 Å². The minimum atomic E-state index is -4.07. The second-order valence-electron chi connectivity index (χ2n) is 4.12. The lowest BCUT2D eigenvalue weighted by molar-refractivity contribution is 0.102. The fourth-order valence-electron chi connectivity index (χ4n) is 1.67. The van der Waals surface area contributed by atoms with Gasteiger partial charge in [0, 0.05) is 5.56 Å². The first-order valence-electron chi connectivity index (χ1n) is 5.66. The maximum absolute atomic E-state index is 13.5. The topological polar surface area (TPSA) is 51.2 Å². The van der Waals surface area contributed by atoms with E-state index in [0.29, 0.717) is 0 Å². The molecule has 0 aliphatic heterocycles. The van der Waals surface area contributed by atoms with Gasteiger partial charge in [0.05, 0.1) is 0 Å². The molecule has 0 aromatic heterocycles. The van der Waals surface area contributed by atoms with E-state index < -0.39 is 37.9 Å². The monoisotopic (exact) mass is 296 g/mol. The zero-order valence-electron chi connectivity index (χ0n) is 10.2. The Bertz CT molecular complexity index is 737. The van der Waals surface area contributed by atoms with Crippen LogP contribution in [0.1, 0.15) is 10.4 Å². The van der Waals surface area contributed by atoms with Crippen LogP contribution in [0.2, 0.25) is 0 Å². The van der Waals surface area contributed by atoms with Gasteiger partial charge < -0.3 is 0 Å². The fraction of sp³-hybridized carbons (Fsp3) is 0.0714. The minimum Gasteiger partial charge on any atom is -0.293 e. The largest absolute Gasteiger partial charge is 0.293 e. The number of hydrogen-bond donors (Lipinski definition) is 0. The van der Waals surface area contributed by atoms with Crippen LogP contribution < -0.4 is 0 Å². The molecule has 0 N–H and O–H groups in total. The molecule has 0 bridgehead atoms. The zero-order valence-corrected chi connectivity index (χ0v) is 11.0. The summed E-state index contributed by atoms with van der Waals surface area (Å²) in [7, 11) is -4.07. The summed E-state index contributed by atoms with van der Waals surface area (Å²) in [4.78, 5) is 11.3. The fourth-order valence-corrected chi connectivity index (χ4v) is 2.98. The molecule has 0 amide bonds. The highest BCUT2D eigenvalue weighted by Crippen LogP contribution is 2.16. The number of carbonyl (C=O) groups is 1. The van der Waals surface area contributed by atoms with Gasteiger partial charge in [-0.05, 0) is 36.4 Å². The lowest BCUT2D eigenvalue weighted by atomic mass is 10.1.